The molecule has 1 fully saturated rings. The fourth-order valence-corrected chi connectivity index (χ4v) is 4.32. The topological polar surface area (TPSA) is 55.9 Å². The molecule has 1 saturated carbocycles. The molecule has 0 saturated heterocycles. The summed E-state index contributed by atoms with van der Waals surface area (Å²) in [4.78, 5) is 0. The summed E-state index contributed by atoms with van der Waals surface area (Å²) in [6.07, 6.45) is 7.30. The first-order valence-corrected chi connectivity index (χ1v) is 7.81. The van der Waals surface area contributed by atoms with Crippen molar-refractivity contribution in [2.45, 2.75) is 37.0 Å². The van der Waals surface area contributed by atoms with Gasteiger partial charge in [0.15, 0.2) is 0 Å². The van der Waals surface area contributed by atoms with Crippen molar-refractivity contribution in [2.75, 3.05) is 5.75 Å². The van der Waals surface area contributed by atoms with Crippen LogP contribution < -0.4 is 11.3 Å². The average molecular weight is 319 g/mol. The second-order valence-corrected chi connectivity index (χ2v) is 6.65. The third-order valence-electron chi connectivity index (χ3n) is 3.27. The first-order chi connectivity index (χ1) is 8.22. The lowest BCUT2D eigenvalue weighted by Gasteiger charge is -2.18. The second kappa shape index (κ2) is 6.22. The van der Waals surface area contributed by atoms with E-state index in [0.717, 1.165) is 21.2 Å². The molecule has 1 aromatic heterocycles. The smallest absolute Gasteiger partial charge is 0.0730 e. The molecule has 0 bridgehead atoms. The van der Waals surface area contributed by atoms with Crippen LogP contribution in [0.4, 0.5) is 0 Å². The molecule has 0 aromatic carbocycles. The Morgan fingerprint density at radius 3 is 2.88 bits per heavy atom. The van der Waals surface area contributed by atoms with E-state index in [2.05, 4.69) is 26.5 Å². The van der Waals surface area contributed by atoms with Gasteiger partial charge in [0.25, 0.3) is 0 Å². The number of aryl methyl sites for hydroxylation is 1. The van der Waals surface area contributed by atoms with E-state index in [4.69, 9.17) is 5.84 Å². The molecule has 0 aliphatic heterocycles. The Labute approximate surface area is 115 Å². The minimum absolute atomic E-state index is 0.155. The van der Waals surface area contributed by atoms with E-state index < -0.39 is 0 Å². The molecule has 4 nitrogen and oxygen atoms in total. The van der Waals surface area contributed by atoms with Crippen LogP contribution in [0.15, 0.2) is 10.7 Å². The Morgan fingerprint density at radius 1 is 1.65 bits per heavy atom. The molecule has 1 unspecified atom stereocenters. The van der Waals surface area contributed by atoms with Gasteiger partial charge in [-0.1, -0.05) is 12.8 Å². The summed E-state index contributed by atoms with van der Waals surface area (Å²) in [5.74, 6) is 6.66. The molecular weight excluding hydrogens is 300 g/mol. The first kappa shape index (κ1) is 13.4. The van der Waals surface area contributed by atoms with E-state index in [1.807, 2.05) is 29.7 Å². The Balaban J connectivity index is 1.96. The van der Waals surface area contributed by atoms with E-state index in [1.165, 1.54) is 25.7 Å². The summed E-state index contributed by atoms with van der Waals surface area (Å²) in [5, 5.41) is 5.05. The lowest BCUT2D eigenvalue weighted by atomic mass is 10.2. The third kappa shape index (κ3) is 3.24. The summed E-state index contributed by atoms with van der Waals surface area (Å²) in [6.45, 7) is 0. The van der Waals surface area contributed by atoms with Crippen molar-refractivity contribution in [3.05, 3.63) is 16.4 Å². The number of halogens is 1. The molecule has 1 atom stereocenters. The predicted octanol–water partition coefficient (Wildman–Crippen LogP) is 2.36. The molecule has 0 radical (unpaired) electrons. The number of hydrogen-bond donors (Lipinski definition) is 2. The fraction of sp³-hybridized carbons (Fsp3) is 0.727. The molecule has 2 rings (SSSR count). The van der Waals surface area contributed by atoms with Crippen LogP contribution >= 0.6 is 27.7 Å². The Hall–Kier alpha value is -0.0400. The number of hydrazine groups is 1. The minimum atomic E-state index is 0.155. The highest BCUT2D eigenvalue weighted by Gasteiger charge is 2.21. The van der Waals surface area contributed by atoms with E-state index in [1.54, 1.807) is 0 Å². The van der Waals surface area contributed by atoms with Crippen molar-refractivity contribution >= 4 is 27.7 Å². The van der Waals surface area contributed by atoms with E-state index in [9.17, 15) is 0 Å². The number of rotatable bonds is 5. The predicted molar refractivity (Wildman–Crippen MR) is 75.7 cm³/mol. The normalized spacial score (nSPS) is 18.8. The summed E-state index contributed by atoms with van der Waals surface area (Å²) in [5.41, 5.74) is 4.02. The van der Waals surface area contributed by atoms with Crippen LogP contribution in [0.3, 0.4) is 0 Å². The van der Waals surface area contributed by atoms with Crippen LogP contribution in [-0.4, -0.2) is 20.8 Å². The molecule has 1 aromatic rings. The van der Waals surface area contributed by atoms with Crippen molar-refractivity contribution in [2.24, 2.45) is 12.9 Å². The minimum Gasteiger partial charge on any atom is -0.271 e. The third-order valence-corrected chi connectivity index (χ3v) is 5.35. The monoisotopic (exact) mass is 318 g/mol. The van der Waals surface area contributed by atoms with Gasteiger partial charge in [-0.3, -0.25) is 16.0 Å². The zero-order valence-electron chi connectivity index (χ0n) is 10.0. The molecule has 6 heteroatoms. The van der Waals surface area contributed by atoms with Crippen LogP contribution in [0.5, 0.6) is 0 Å². The van der Waals surface area contributed by atoms with E-state index in [-0.39, 0.29) is 6.04 Å². The Kier molecular flexibility index (Phi) is 4.90. The molecule has 0 amide bonds. The highest BCUT2D eigenvalue weighted by atomic mass is 79.9. The van der Waals surface area contributed by atoms with Crippen molar-refractivity contribution in [1.82, 2.24) is 15.2 Å². The maximum atomic E-state index is 5.66. The average Bonchev–Trinajstić information content (AvgIpc) is 2.93. The highest BCUT2D eigenvalue weighted by molar-refractivity contribution is 9.10. The van der Waals surface area contributed by atoms with Crippen LogP contribution in [0.2, 0.25) is 0 Å². The molecule has 1 aliphatic carbocycles. The summed E-state index contributed by atoms with van der Waals surface area (Å²) < 4.78 is 2.90. The Bertz CT molecular complexity index is 343. The standard InChI is InChI=1S/C11H19BrN4S/c1-16-11(9(12)6-14-16)10(15-13)7-17-8-4-2-3-5-8/h6,8,10,15H,2-5,7,13H2,1H3. The maximum Gasteiger partial charge on any atom is 0.0730 e. The molecular formula is C11H19BrN4S. The first-order valence-electron chi connectivity index (χ1n) is 5.97. The van der Waals surface area contributed by atoms with Gasteiger partial charge in [0.05, 0.1) is 22.4 Å². The van der Waals surface area contributed by atoms with Crippen LogP contribution in [0.25, 0.3) is 0 Å². The van der Waals surface area contributed by atoms with Crippen molar-refractivity contribution in [3.63, 3.8) is 0 Å². The number of aromatic nitrogens is 2. The van der Waals surface area contributed by atoms with Gasteiger partial charge >= 0.3 is 0 Å². The van der Waals surface area contributed by atoms with Gasteiger partial charge in [-0.05, 0) is 28.8 Å². The van der Waals surface area contributed by atoms with Gasteiger partial charge in [0, 0.05) is 18.1 Å². The molecule has 17 heavy (non-hydrogen) atoms. The van der Waals surface area contributed by atoms with Crippen molar-refractivity contribution in [3.8, 4) is 0 Å². The van der Waals surface area contributed by atoms with Crippen molar-refractivity contribution in [1.29, 1.82) is 0 Å². The van der Waals surface area contributed by atoms with E-state index >= 15 is 0 Å². The number of thioether (sulfide) groups is 1. The molecule has 3 N–H and O–H groups in total. The molecule has 0 spiro atoms. The SMILES string of the molecule is Cn1ncc(Br)c1C(CSC1CCCC1)NN. The van der Waals surface area contributed by atoms with Gasteiger partial charge in [0.2, 0.25) is 0 Å². The summed E-state index contributed by atoms with van der Waals surface area (Å²) >= 11 is 5.55. The lowest BCUT2D eigenvalue weighted by Crippen LogP contribution is -2.32. The quantitative estimate of drug-likeness (QED) is 0.646. The van der Waals surface area contributed by atoms with Crippen LogP contribution in [-0.2, 0) is 7.05 Å². The Morgan fingerprint density at radius 2 is 2.35 bits per heavy atom. The fourth-order valence-electron chi connectivity index (χ4n) is 2.31. The largest absolute Gasteiger partial charge is 0.271 e. The van der Waals surface area contributed by atoms with Crippen LogP contribution in [0.1, 0.15) is 37.4 Å². The van der Waals surface area contributed by atoms with E-state index in [0.29, 0.717) is 0 Å². The lowest BCUT2D eigenvalue weighted by molar-refractivity contribution is 0.552. The van der Waals surface area contributed by atoms with Gasteiger partial charge < -0.3 is 0 Å². The zero-order chi connectivity index (χ0) is 12.3. The summed E-state index contributed by atoms with van der Waals surface area (Å²) in [6, 6.07) is 0.155. The van der Waals surface area contributed by atoms with Gasteiger partial charge in [-0.2, -0.15) is 16.9 Å². The van der Waals surface area contributed by atoms with Crippen molar-refractivity contribution < 1.29 is 0 Å². The molecule has 96 valence electrons. The van der Waals surface area contributed by atoms with Gasteiger partial charge in [0.1, 0.15) is 0 Å². The number of nitrogens with one attached hydrogen (secondary N) is 1. The maximum absolute atomic E-state index is 5.66. The van der Waals surface area contributed by atoms with Gasteiger partial charge in [-0.25, -0.2) is 0 Å². The number of hydrogen-bond acceptors (Lipinski definition) is 4. The molecule has 1 heterocycles. The number of nitrogens with two attached hydrogens (primary N) is 1. The van der Waals surface area contributed by atoms with Crippen LogP contribution in [0, 0.1) is 0 Å². The highest BCUT2D eigenvalue weighted by Crippen LogP contribution is 2.33. The number of nitrogens with zero attached hydrogens (tertiary/aromatic N) is 2. The summed E-state index contributed by atoms with van der Waals surface area (Å²) in [7, 11) is 1.95. The van der Waals surface area contributed by atoms with Gasteiger partial charge in [-0.15, -0.1) is 0 Å². The zero-order valence-corrected chi connectivity index (χ0v) is 12.4. The second-order valence-electron chi connectivity index (χ2n) is 4.46. The molecule has 1 aliphatic rings.